The van der Waals surface area contributed by atoms with Gasteiger partial charge >= 0.3 is 5.97 Å². The van der Waals surface area contributed by atoms with E-state index in [4.69, 9.17) is 9.47 Å². The zero-order chi connectivity index (χ0) is 82.7. The Balaban J connectivity index is 0.886. The Kier molecular flexibility index (Phi) is 25.9. The van der Waals surface area contributed by atoms with Gasteiger partial charge in [0.25, 0.3) is 0 Å². The number of aliphatic carboxylic acids is 1. The molecule has 6 aliphatic rings. The maximum absolute atomic E-state index is 15.5. The Hall–Kier alpha value is -12.6. The average molecular weight is 1590 g/mol. The lowest BCUT2D eigenvalue weighted by molar-refractivity contribution is -0.145. The van der Waals surface area contributed by atoms with Gasteiger partial charge in [0.15, 0.2) is 5.82 Å². The third kappa shape index (κ3) is 20.5. The standard InChI is InChI=1S/C82H99N21O13/c1-46(83-9)71(104)90-69(81(3,4)5)78(111)100-42-58-37-66(100)76(109)87-63(35-50-19-25-52-15-11-13-17-54(52)31-50)74(107)86-62(73(106)85-39-68-94-96-97-95-68)33-48-21-27-60(28-22-48)115-44-56-40-103(98-92-56)59-38-67(101(43-59)79(112)70(82(6,7)8)91-72(105)47(2)84-10)77(110)88-64(36-51-20-26-53-16-12-14-18-55(53)32-51)75(108)89-65(80(113)114)34-49-23-29-61(30-24-49)116-45-57-41-102(58)99-93-57/h11-32,40-41,46-47,58-59,62-67,69-70,83-84H,33-39,42-45H2,1-10H3,(H,85,106)(H,86,107)(H,87,109)(H,88,110)(H,89,108)(H,90,104)(H,91,105)(H,113,114)(H,94,95,96,97)/t46-,47-,58-,59-,62-,63-,64-,65-,66-,67-,69+,70+/m0/s1. The maximum atomic E-state index is 15.5. The molecule has 0 saturated carbocycles. The number of likely N-dealkylation sites (N-methyl/N-ethyl adjacent to an activating group) is 2. The SMILES string of the molecule is CN[C@@H](C)C(=O)N[C@H](C(=O)N1C[C@@H]2C[C@H]1C(=O)N[C@@H](Cc1ccc3ccccc3c1)C(=O)N[C@H](C(=O)O)Cc1ccc(cc1)OCc1cn(nn1)[C@H]1C[C@@H](C(=O)N[C@@H](Cc3ccc4ccccc4c3)C(=O)N[C@H](C(=O)NCc3nnn[nH]3)Cc3ccc(cc3)OCc3cn2nn3)N(C(=O)[C@@H](NC(=O)[C@H](C)NC)C(C)(C)C)C1)C(C)(C)C. The number of carbonyl (C=O) groups excluding carboxylic acids is 9. The fraction of sp³-hybridized carbons (Fsp3) is 0.427. The van der Waals surface area contributed by atoms with Crippen molar-refractivity contribution in [2.75, 3.05) is 27.2 Å². The summed E-state index contributed by atoms with van der Waals surface area (Å²) < 4.78 is 15.5. The zero-order valence-corrected chi connectivity index (χ0v) is 66.3. The van der Waals surface area contributed by atoms with Gasteiger partial charge in [0.2, 0.25) is 53.2 Å². The van der Waals surface area contributed by atoms with E-state index in [1.54, 1.807) is 130 Å². The van der Waals surface area contributed by atoms with Crippen LogP contribution in [0.5, 0.6) is 11.5 Å². The number of carbonyl (C=O) groups is 10. The van der Waals surface area contributed by atoms with Gasteiger partial charge in [0.1, 0.15) is 84.4 Å². The Morgan fingerprint density at radius 2 is 0.957 bits per heavy atom. The molecule has 0 spiro atoms. The second-order valence-corrected chi connectivity index (χ2v) is 32.0. The van der Waals surface area contributed by atoms with Crippen LogP contribution in [0.15, 0.2) is 146 Å². The van der Waals surface area contributed by atoms with Crippen molar-refractivity contribution < 1.29 is 62.5 Å². The molecule has 9 heterocycles. The number of carboxylic acids is 1. The van der Waals surface area contributed by atoms with E-state index in [2.05, 4.69) is 89.1 Å². The fourth-order valence-corrected chi connectivity index (χ4v) is 14.4. The summed E-state index contributed by atoms with van der Waals surface area (Å²) in [5.41, 5.74) is 1.26. The summed E-state index contributed by atoms with van der Waals surface area (Å²) in [5, 5.41) is 71.9. The first-order valence-corrected chi connectivity index (χ1v) is 38.7. The van der Waals surface area contributed by atoms with Crippen molar-refractivity contribution in [3.63, 3.8) is 0 Å². The van der Waals surface area contributed by atoms with E-state index in [0.29, 0.717) is 45.1 Å². The van der Waals surface area contributed by atoms with E-state index in [9.17, 15) is 29.1 Å². The Labute approximate surface area is 669 Å². The van der Waals surface area contributed by atoms with Crippen LogP contribution in [0.3, 0.4) is 0 Å². The van der Waals surface area contributed by atoms with E-state index in [1.165, 1.54) is 19.2 Å². The molecule has 0 aliphatic carbocycles. The molecular formula is C82H99N21O13. The quantitative estimate of drug-likeness (QED) is 0.0662. The number of hydrogen-bond acceptors (Lipinski definition) is 21. The Morgan fingerprint density at radius 3 is 1.36 bits per heavy atom. The minimum Gasteiger partial charge on any atom is -0.487 e. The summed E-state index contributed by atoms with van der Waals surface area (Å²) in [6.07, 6.45) is 2.69. The highest BCUT2D eigenvalue weighted by atomic mass is 16.5. The van der Waals surface area contributed by atoms with Gasteiger partial charge in [-0.2, -0.15) is 0 Å². The smallest absolute Gasteiger partial charge is 0.326 e. The van der Waals surface area contributed by atoms with Crippen LogP contribution in [0.2, 0.25) is 0 Å². The molecule has 6 aliphatic heterocycles. The van der Waals surface area contributed by atoms with Crippen LogP contribution >= 0.6 is 0 Å². The summed E-state index contributed by atoms with van der Waals surface area (Å²) in [5.74, 6) is -6.14. The third-order valence-corrected chi connectivity index (χ3v) is 21.4. The molecule has 11 N–H and O–H groups in total. The van der Waals surface area contributed by atoms with Crippen molar-refractivity contribution in [2.24, 2.45) is 10.8 Å². The van der Waals surface area contributed by atoms with Crippen molar-refractivity contribution in [3.8, 4) is 11.5 Å². The van der Waals surface area contributed by atoms with Crippen molar-refractivity contribution >= 4 is 80.7 Å². The average Bonchev–Trinajstić information content (AvgIpc) is 1.63. The van der Waals surface area contributed by atoms with Crippen LogP contribution < -0.4 is 57.3 Å². The molecule has 0 unspecified atom stereocenters. The van der Waals surface area contributed by atoms with Gasteiger partial charge in [-0.25, -0.2) is 19.3 Å². The maximum Gasteiger partial charge on any atom is 0.326 e. The Morgan fingerprint density at radius 1 is 0.534 bits per heavy atom. The molecule has 12 atom stereocenters. The van der Waals surface area contributed by atoms with Gasteiger partial charge in [0, 0.05) is 51.6 Å². The van der Waals surface area contributed by atoms with Gasteiger partial charge < -0.3 is 72.2 Å². The summed E-state index contributed by atoms with van der Waals surface area (Å²) in [7, 11) is 3.23. The van der Waals surface area contributed by atoms with E-state index in [0.717, 1.165) is 21.5 Å². The van der Waals surface area contributed by atoms with Crippen LogP contribution in [-0.2, 0) is 93.4 Å². The van der Waals surface area contributed by atoms with Gasteiger partial charge in [0.05, 0.1) is 43.1 Å². The van der Waals surface area contributed by atoms with Crippen LogP contribution in [0.4, 0.5) is 0 Å². The molecular weight excluding hydrogens is 1490 g/mol. The van der Waals surface area contributed by atoms with Gasteiger partial charge in [-0.15, -0.1) is 15.3 Å². The highest BCUT2D eigenvalue weighted by Gasteiger charge is 2.49. The molecule has 0 radical (unpaired) electrons. The number of ether oxygens (including phenoxy) is 2. The number of nitrogens with zero attached hydrogens (tertiary/aromatic N) is 11. The van der Waals surface area contributed by atoms with E-state index >= 15 is 24.0 Å². The molecule has 116 heavy (non-hydrogen) atoms. The van der Waals surface area contributed by atoms with Crippen LogP contribution in [-0.4, -0.2) is 212 Å². The minimum atomic E-state index is -1.52. The van der Waals surface area contributed by atoms with Crippen LogP contribution in [0.25, 0.3) is 21.5 Å². The van der Waals surface area contributed by atoms with Crippen molar-refractivity contribution in [2.45, 2.75) is 186 Å². The van der Waals surface area contributed by atoms with Crippen LogP contribution in [0, 0.1) is 10.8 Å². The van der Waals surface area contributed by atoms with Crippen molar-refractivity contribution in [3.05, 3.63) is 185 Å². The molecule has 15 rings (SSSR count). The first-order valence-electron chi connectivity index (χ1n) is 38.7. The summed E-state index contributed by atoms with van der Waals surface area (Å²) in [6.45, 7) is 13.5. The van der Waals surface area contributed by atoms with Gasteiger partial charge in [-0.05, 0) is 117 Å². The molecule has 9 aromatic rings. The number of fused-ring (bicyclic) bond motifs is 2. The second kappa shape index (κ2) is 36.3. The lowest BCUT2D eigenvalue weighted by atomic mass is 9.85. The topological polar surface area (TPSA) is 440 Å². The first kappa shape index (κ1) is 82.9. The first-order chi connectivity index (χ1) is 55.4. The number of aromatic amines is 1. The number of H-pyrrole nitrogens is 1. The number of likely N-dealkylation sites (tertiary alicyclic amines) is 2. The number of benzene rings is 6. The second-order valence-electron chi connectivity index (χ2n) is 32.0. The zero-order valence-electron chi connectivity index (χ0n) is 66.3. The number of amides is 9. The van der Waals surface area contributed by atoms with Crippen molar-refractivity contribution in [1.29, 1.82) is 0 Å². The van der Waals surface area contributed by atoms with E-state index in [-0.39, 0.29) is 77.2 Å². The number of tetrazole rings is 1. The third-order valence-electron chi connectivity index (χ3n) is 21.4. The lowest BCUT2D eigenvalue weighted by Gasteiger charge is -2.36. The van der Waals surface area contributed by atoms with Gasteiger partial charge in [-0.1, -0.05) is 161 Å². The minimum absolute atomic E-state index is 0.0377. The lowest BCUT2D eigenvalue weighted by Crippen LogP contribution is -2.61. The van der Waals surface area contributed by atoms with Crippen LogP contribution in [0.1, 0.15) is 120 Å². The molecule has 34 heteroatoms. The number of nitrogens with one attached hydrogen (secondary N) is 10. The molecule has 610 valence electrons. The monoisotopic (exact) mass is 1590 g/mol. The van der Waals surface area contributed by atoms with Gasteiger partial charge in [-0.3, -0.25) is 43.2 Å². The fourth-order valence-electron chi connectivity index (χ4n) is 14.4. The summed E-state index contributed by atoms with van der Waals surface area (Å²) in [6, 6.07) is 26.5. The van der Waals surface area contributed by atoms with E-state index < -0.39 is 142 Å². The molecule has 9 amide bonds. The van der Waals surface area contributed by atoms with Crippen molar-refractivity contribution in [1.82, 2.24) is 108 Å². The number of rotatable bonds is 16. The predicted molar refractivity (Wildman–Crippen MR) is 424 cm³/mol. The molecule has 6 aromatic carbocycles. The van der Waals surface area contributed by atoms with E-state index in [1.807, 2.05) is 84.9 Å². The largest absolute Gasteiger partial charge is 0.487 e. The number of carboxylic acid groups (broad SMARTS) is 1. The highest BCUT2D eigenvalue weighted by Crippen LogP contribution is 2.35. The summed E-state index contributed by atoms with van der Waals surface area (Å²) >= 11 is 0. The molecule has 3 aromatic heterocycles. The highest BCUT2D eigenvalue weighted by molar-refractivity contribution is 5.99. The molecule has 12 bridgehead atoms. The summed E-state index contributed by atoms with van der Waals surface area (Å²) in [4.78, 5) is 150. The normalized spacial score (nSPS) is 21.1. The Bertz CT molecular complexity index is 5040. The number of aromatic nitrogens is 10. The molecule has 34 nitrogen and oxygen atoms in total. The molecule has 2 fully saturated rings. The molecule has 2 saturated heterocycles. The predicted octanol–water partition coefficient (Wildman–Crippen LogP) is 3.03. The number of hydrogen-bond donors (Lipinski definition) is 11.